The van der Waals surface area contributed by atoms with Gasteiger partial charge in [0.1, 0.15) is 29.5 Å². The monoisotopic (exact) mass is 334 g/mol. The van der Waals surface area contributed by atoms with Crippen molar-refractivity contribution in [3.05, 3.63) is 69.3 Å². The van der Waals surface area contributed by atoms with E-state index in [0.717, 1.165) is 5.39 Å². The Morgan fingerprint density at radius 2 is 2.00 bits per heavy atom. The zero-order valence-corrected chi connectivity index (χ0v) is 12.9. The van der Waals surface area contributed by atoms with Crippen molar-refractivity contribution in [2.75, 3.05) is 7.11 Å². The molecule has 0 bridgehead atoms. The van der Waals surface area contributed by atoms with Gasteiger partial charge >= 0.3 is 5.63 Å². The van der Waals surface area contributed by atoms with Crippen LogP contribution in [0.15, 0.2) is 51.7 Å². The average molecular weight is 335 g/mol. The van der Waals surface area contributed by atoms with Crippen LogP contribution in [0, 0.1) is 5.82 Å². The van der Waals surface area contributed by atoms with E-state index >= 15 is 0 Å². The summed E-state index contributed by atoms with van der Waals surface area (Å²) in [5, 5.41) is 0.891. The quantitative estimate of drug-likeness (QED) is 0.672. The van der Waals surface area contributed by atoms with Crippen molar-refractivity contribution in [2.24, 2.45) is 0 Å². The second kappa shape index (κ2) is 6.30. The number of ether oxygens (including phenoxy) is 2. The molecule has 0 fully saturated rings. The minimum atomic E-state index is -0.491. The summed E-state index contributed by atoms with van der Waals surface area (Å²) in [6.07, 6.45) is 0. The predicted molar refractivity (Wildman–Crippen MR) is 84.8 cm³/mol. The van der Waals surface area contributed by atoms with Crippen molar-refractivity contribution in [1.29, 1.82) is 0 Å². The van der Waals surface area contributed by atoms with E-state index in [1.54, 1.807) is 18.2 Å². The first-order valence-electron chi connectivity index (χ1n) is 6.75. The van der Waals surface area contributed by atoms with Crippen LogP contribution in [-0.2, 0) is 6.61 Å². The van der Waals surface area contributed by atoms with E-state index < -0.39 is 11.4 Å². The molecule has 2 aromatic carbocycles. The number of hydrogen-bond donors (Lipinski definition) is 0. The first-order valence-corrected chi connectivity index (χ1v) is 7.13. The van der Waals surface area contributed by atoms with Gasteiger partial charge in [-0.25, -0.2) is 9.18 Å². The summed E-state index contributed by atoms with van der Waals surface area (Å²) in [6, 6.07) is 10.4. The molecule has 1 heterocycles. The van der Waals surface area contributed by atoms with E-state index in [2.05, 4.69) is 0 Å². The third kappa shape index (κ3) is 3.29. The fraction of sp³-hybridized carbons (Fsp3) is 0.118. The maximum Gasteiger partial charge on any atom is 0.336 e. The van der Waals surface area contributed by atoms with Crippen LogP contribution in [0.3, 0.4) is 0 Å². The Balaban J connectivity index is 1.94. The highest BCUT2D eigenvalue weighted by atomic mass is 35.5. The molecule has 0 saturated heterocycles. The molecule has 0 N–H and O–H groups in total. The van der Waals surface area contributed by atoms with Crippen molar-refractivity contribution < 1.29 is 18.3 Å². The van der Waals surface area contributed by atoms with E-state index in [1.165, 1.54) is 31.4 Å². The van der Waals surface area contributed by atoms with Gasteiger partial charge in [0.15, 0.2) is 0 Å². The molecule has 6 heteroatoms. The van der Waals surface area contributed by atoms with Crippen LogP contribution in [0.4, 0.5) is 4.39 Å². The average Bonchev–Trinajstić information content (AvgIpc) is 2.53. The Bertz CT molecular complexity index is 920. The number of halogens is 2. The Morgan fingerprint density at radius 3 is 2.74 bits per heavy atom. The van der Waals surface area contributed by atoms with Gasteiger partial charge in [0.2, 0.25) is 0 Å². The molecule has 4 nitrogen and oxygen atoms in total. The molecule has 0 atom stereocenters. The molecule has 0 spiro atoms. The third-order valence-corrected chi connectivity index (χ3v) is 3.61. The lowest BCUT2D eigenvalue weighted by Gasteiger charge is -2.10. The van der Waals surface area contributed by atoms with Gasteiger partial charge in [0, 0.05) is 23.1 Å². The second-order valence-electron chi connectivity index (χ2n) is 4.82. The molecule has 3 rings (SSSR count). The molecule has 0 saturated carbocycles. The predicted octanol–water partition coefficient (Wildman–Crippen LogP) is 4.17. The number of rotatable bonds is 4. The van der Waals surface area contributed by atoms with E-state index in [9.17, 15) is 9.18 Å². The molecule has 23 heavy (non-hydrogen) atoms. The van der Waals surface area contributed by atoms with Gasteiger partial charge in [-0.2, -0.15) is 0 Å². The van der Waals surface area contributed by atoms with Gasteiger partial charge in [0.05, 0.1) is 12.1 Å². The van der Waals surface area contributed by atoms with Gasteiger partial charge in [-0.3, -0.25) is 0 Å². The number of hydrogen-bond acceptors (Lipinski definition) is 4. The fourth-order valence-corrected chi connectivity index (χ4v) is 2.43. The van der Waals surface area contributed by atoms with Gasteiger partial charge < -0.3 is 13.9 Å². The summed E-state index contributed by atoms with van der Waals surface area (Å²) in [4.78, 5) is 11.7. The highest BCUT2D eigenvalue weighted by Crippen LogP contribution is 2.27. The molecule has 3 aromatic rings. The maximum atomic E-state index is 13.0. The van der Waals surface area contributed by atoms with E-state index in [-0.39, 0.29) is 11.6 Å². The molecule has 0 aliphatic carbocycles. The lowest BCUT2D eigenvalue weighted by molar-refractivity contribution is 0.306. The lowest BCUT2D eigenvalue weighted by Crippen LogP contribution is -2.04. The van der Waals surface area contributed by atoms with E-state index in [1.807, 2.05) is 0 Å². The van der Waals surface area contributed by atoms with Crippen molar-refractivity contribution in [3.63, 3.8) is 0 Å². The Labute approximate surface area is 136 Å². The van der Waals surface area contributed by atoms with Crippen molar-refractivity contribution in [2.45, 2.75) is 6.61 Å². The number of fused-ring (bicyclic) bond motifs is 1. The van der Waals surface area contributed by atoms with Crippen LogP contribution in [0.25, 0.3) is 11.0 Å². The third-order valence-electron chi connectivity index (χ3n) is 3.31. The van der Waals surface area contributed by atoms with Gasteiger partial charge in [-0.05, 0) is 30.3 Å². The van der Waals surface area contributed by atoms with Crippen molar-refractivity contribution in [1.82, 2.24) is 0 Å². The Morgan fingerprint density at radius 1 is 1.17 bits per heavy atom. The SMILES string of the molecule is COc1ccc2c(COc3ccc(F)cc3Cl)cc(=O)oc2c1. The van der Waals surface area contributed by atoms with Crippen LogP contribution in [0.2, 0.25) is 5.02 Å². The largest absolute Gasteiger partial charge is 0.497 e. The molecule has 0 aliphatic heterocycles. The number of methoxy groups -OCH3 is 1. The summed E-state index contributed by atoms with van der Waals surface area (Å²) in [6.45, 7) is 0.0970. The first-order chi connectivity index (χ1) is 11.1. The number of benzene rings is 2. The Kier molecular flexibility index (Phi) is 4.21. The molecular formula is C17H12ClFO4. The van der Waals surface area contributed by atoms with Gasteiger partial charge in [-0.15, -0.1) is 0 Å². The second-order valence-corrected chi connectivity index (χ2v) is 5.22. The molecule has 0 radical (unpaired) electrons. The lowest BCUT2D eigenvalue weighted by atomic mass is 10.1. The molecular weight excluding hydrogens is 323 g/mol. The first kappa shape index (κ1) is 15.4. The van der Waals surface area contributed by atoms with Crippen LogP contribution < -0.4 is 15.1 Å². The Hall–Kier alpha value is -2.53. The summed E-state index contributed by atoms with van der Waals surface area (Å²) >= 11 is 5.92. The highest BCUT2D eigenvalue weighted by molar-refractivity contribution is 6.32. The summed E-state index contributed by atoms with van der Waals surface area (Å²) in [7, 11) is 1.53. The minimum Gasteiger partial charge on any atom is -0.497 e. The zero-order chi connectivity index (χ0) is 16.4. The van der Waals surface area contributed by atoms with E-state index in [4.69, 9.17) is 25.5 Å². The van der Waals surface area contributed by atoms with Crippen molar-refractivity contribution >= 4 is 22.6 Å². The van der Waals surface area contributed by atoms with Crippen LogP contribution >= 0.6 is 11.6 Å². The molecule has 118 valence electrons. The molecule has 0 unspecified atom stereocenters. The normalized spacial score (nSPS) is 10.7. The van der Waals surface area contributed by atoms with E-state index in [0.29, 0.717) is 22.6 Å². The van der Waals surface area contributed by atoms with Crippen LogP contribution in [0.1, 0.15) is 5.56 Å². The smallest absolute Gasteiger partial charge is 0.336 e. The molecule has 1 aromatic heterocycles. The fourth-order valence-electron chi connectivity index (χ4n) is 2.20. The molecule has 0 aliphatic rings. The summed E-state index contributed by atoms with van der Waals surface area (Å²) < 4.78 is 28.9. The standard InChI is InChI=1S/C17H12ClFO4/c1-21-12-3-4-13-10(6-17(20)23-16(13)8-12)9-22-15-5-2-11(19)7-14(15)18/h2-8H,9H2,1H3. The van der Waals surface area contributed by atoms with Crippen molar-refractivity contribution in [3.8, 4) is 11.5 Å². The van der Waals surface area contributed by atoms with Gasteiger partial charge in [-0.1, -0.05) is 11.6 Å². The van der Waals surface area contributed by atoms with Crippen LogP contribution in [0.5, 0.6) is 11.5 Å². The van der Waals surface area contributed by atoms with Gasteiger partial charge in [0.25, 0.3) is 0 Å². The topological polar surface area (TPSA) is 48.7 Å². The molecule has 0 amide bonds. The maximum absolute atomic E-state index is 13.0. The zero-order valence-electron chi connectivity index (χ0n) is 12.1. The highest BCUT2D eigenvalue weighted by Gasteiger charge is 2.09. The summed E-state index contributed by atoms with van der Waals surface area (Å²) in [5.74, 6) is 0.475. The summed E-state index contributed by atoms with van der Waals surface area (Å²) in [5.41, 5.74) is 0.550. The minimum absolute atomic E-state index is 0.0970. The van der Waals surface area contributed by atoms with Crippen LogP contribution in [-0.4, -0.2) is 7.11 Å².